The van der Waals surface area contributed by atoms with Crippen LogP contribution in [0.25, 0.3) is 21.8 Å². The average molecular weight is 530 g/mol. The molecule has 1 aliphatic rings. The highest BCUT2D eigenvalue weighted by molar-refractivity contribution is 7.20. The molecule has 194 valence electrons. The summed E-state index contributed by atoms with van der Waals surface area (Å²) in [6.45, 7) is 5.35. The first-order valence-corrected chi connectivity index (χ1v) is 13.2. The molecule has 1 aliphatic carbocycles. The Balaban J connectivity index is 1.28. The number of fused-ring (bicyclic) bond motifs is 3. The van der Waals surface area contributed by atoms with Crippen LogP contribution in [0.4, 0.5) is 5.00 Å². The molecule has 0 atom stereocenters. The van der Waals surface area contributed by atoms with E-state index in [4.69, 9.17) is 9.47 Å². The van der Waals surface area contributed by atoms with E-state index in [1.54, 1.807) is 31.2 Å². The van der Waals surface area contributed by atoms with Crippen molar-refractivity contribution in [3.8, 4) is 21.8 Å². The molecule has 9 heteroatoms. The molecule has 2 aromatic heterocycles. The normalized spacial score (nSPS) is 11.9. The predicted molar refractivity (Wildman–Crippen MR) is 146 cm³/mol. The first-order valence-electron chi connectivity index (χ1n) is 12.4. The lowest BCUT2D eigenvalue weighted by atomic mass is 9.89. The predicted octanol–water partition coefficient (Wildman–Crippen LogP) is 5.49. The lowest BCUT2D eigenvalue weighted by Crippen LogP contribution is -2.22. The van der Waals surface area contributed by atoms with E-state index in [-0.39, 0.29) is 6.61 Å². The molecule has 0 spiro atoms. The molecular formula is C29H27N3O5S. The molecule has 0 saturated heterocycles. The van der Waals surface area contributed by atoms with Crippen LogP contribution in [-0.2, 0) is 27.1 Å². The van der Waals surface area contributed by atoms with Gasteiger partial charge in [-0.1, -0.05) is 36.4 Å². The summed E-state index contributed by atoms with van der Waals surface area (Å²) in [4.78, 5) is 46.8. The van der Waals surface area contributed by atoms with Crippen LogP contribution < -0.4 is 5.32 Å². The summed E-state index contributed by atoms with van der Waals surface area (Å²) < 4.78 is 10.5. The minimum absolute atomic E-state index is 0.225. The van der Waals surface area contributed by atoms with Crippen LogP contribution in [0.5, 0.6) is 0 Å². The summed E-state index contributed by atoms with van der Waals surface area (Å²) in [6, 6.07) is 14.8. The summed E-state index contributed by atoms with van der Waals surface area (Å²) in [5.41, 5.74) is 6.56. The minimum Gasteiger partial charge on any atom is -0.462 e. The van der Waals surface area contributed by atoms with Crippen molar-refractivity contribution >= 4 is 34.2 Å². The highest BCUT2D eigenvalue weighted by Crippen LogP contribution is 2.45. The zero-order valence-corrected chi connectivity index (χ0v) is 22.2. The topological polar surface area (TPSA) is 110 Å². The van der Waals surface area contributed by atoms with E-state index in [0.29, 0.717) is 22.5 Å². The second kappa shape index (κ2) is 10.6. The molecule has 1 amide bonds. The van der Waals surface area contributed by atoms with E-state index < -0.39 is 24.5 Å². The van der Waals surface area contributed by atoms with Gasteiger partial charge in [0.05, 0.1) is 23.4 Å². The summed E-state index contributed by atoms with van der Waals surface area (Å²) in [5, 5.41) is 3.17. The SMILES string of the molecule is CCOC(=O)c1c(NC(=O)COC(=O)c2ccc(-c3nc(C)c(C)[nH]3)cc2)sc2c1CCc1ccccc1-2. The fraction of sp³-hybridized carbons (Fsp3) is 0.241. The van der Waals surface area contributed by atoms with Crippen molar-refractivity contribution in [1.29, 1.82) is 0 Å². The molecule has 0 bridgehead atoms. The van der Waals surface area contributed by atoms with Crippen LogP contribution in [0, 0.1) is 13.8 Å². The van der Waals surface area contributed by atoms with E-state index >= 15 is 0 Å². The fourth-order valence-corrected chi connectivity index (χ4v) is 5.79. The minimum atomic E-state index is -0.622. The van der Waals surface area contributed by atoms with Gasteiger partial charge in [-0.15, -0.1) is 11.3 Å². The number of aromatic amines is 1. The molecule has 0 aliphatic heterocycles. The quantitative estimate of drug-likeness (QED) is 0.306. The van der Waals surface area contributed by atoms with Gasteiger partial charge in [-0.3, -0.25) is 4.79 Å². The summed E-state index contributed by atoms with van der Waals surface area (Å²) >= 11 is 1.34. The smallest absolute Gasteiger partial charge is 0.341 e. The lowest BCUT2D eigenvalue weighted by molar-refractivity contribution is -0.119. The summed E-state index contributed by atoms with van der Waals surface area (Å²) in [5.74, 6) is -0.908. The largest absolute Gasteiger partial charge is 0.462 e. The lowest BCUT2D eigenvalue weighted by Gasteiger charge is -2.16. The number of carbonyl (C=O) groups is 3. The Morgan fingerprint density at radius 1 is 1.00 bits per heavy atom. The Morgan fingerprint density at radius 3 is 2.47 bits per heavy atom. The Morgan fingerprint density at radius 2 is 1.76 bits per heavy atom. The fourth-order valence-electron chi connectivity index (χ4n) is 4.47. The van der Waals surface area contributed by atoms with Gasteiger partial charge in [0.25, 0.3) is 5.91 Å². The number of nitrogens with one attached hydrogen (secondary N) is 2. The number of hydrogen-bond donors (Lipinski definition) is 2. The maximum atomic E-state index is 12.8. The maximum Gasteiger partial charge on any atom is 0.341 e. The van der Waals surface area contributed by atoms with Gasteiger partial charge in [0.1, 0.15) is 10.8 Å². The Bertz CT molecular complexity index is 1510. The van der Waals surface area contributed by atoms with Crippen molar-refractivity contribution in [1.82, 2.24) is 9.97 Å². The number of esters is 2. The zero-order valence-electron chi connectivity index (χ0n) is 21.3. The van der Waals surface area contributed by atoms with E-state index in [1.807, 2.05) is 32.0 Å². The van der Waals surface area contributed by atoms with Crippen molar-refractivity contribution in [2.24, 2.45) is 0 Å². The number of nitrogens with zero attached hydrogens (tertiary/aromatic N) is 1. The molecule has 8 nitrogen and oxygen atoms in total. The van der Waals surface area contributed by atoms with Crippen LogP contribution in [0.1, 0.15) is 50.2 Å². The van der Waals surface area contributed by atoms with E-state index in [9.17, 15) is 14.4 Å². The number of anilines is 1. The second-order valence-corrected chi connectivity index (χ2v) is 10.0. The molecule has 5 rings (SSSR count). The van der Waals surface area contributed by atoms with Crippen LogP contribution in [0.15, 0.2) is 48.5 Å². The Kier molecular flexibility index (Phi) is 7.11. The van der Waals surface area contributed by atoms with Gasteiger partial charge in [0, 0.05) is 16.1 Å². The number of benzene rings is 2. The van der Waals surface area contributed by atoms with Gasteiger partial charge in [0.15, 0.2) is 6.61 Å². The highest BCUT2D eigenvalue weighted by atomic mass is 32.1. The molecular weight excluding hydrogens is 502 g/mol. The van der Waals surface area contributed by atoms with Crippen LogP contribution in [0.2, 0.25) is 0 Å². The summed E-state index contributed by atoms with van der Waals surface area (Å²) in [7, 11) is 0. The van der Waals surface area contributed by atoms with Crippen LogP contribution >= 0.6 is 11.3 Å². The van der Waals surface area contributed by atoms with Crippen LogP contribution in [-0.4, -0.2) is 41.0 Å². The van der Waals surface area contributed by atoms with Gasteiger partial charge in [-0.25, -0.2) is 14.6 Å². The first kappa shape index (κ1) is 25.4. The van der Waals surface area contributed by atoms with E-state index in [0.717, 1.165) is 45.2 Å². The first-order chi connectivity index (χ1) is 18.4. The third-order valence-electron chi connectivity index (χ3n) is 6.50. The molecule has 2 aromatic carbocycles. The molecule has 38 heavy (non-hydrogen) atoms. The monoisotopic (exact) mass is 529 g/mol. The van der Waals surface area contributed by atoms with Crippen molar-refractivity contribution in [3.63, 3.8) is 0 Å². The van der Waals surface area contributed by atoms with Gasteiger partial charge < -0.3 is 19.8 Å². The zero-order chi connectivity index (χ0) is 26.8. The third-order valence-corrected chi connectivity index (χ3v) is 7.68. The number of ether oxygens (including phenoxy) is 2. The standard InChI is InChI=1S/C29H27N3O5S/c1-4-36-29(35)24-22-14-13-18-7-5-6-8-21(18)25(22)38-27(24)32-23(33)15-37-28(34)20-11-9-19(10-12-20)26-30-16(2)17(3)31-26/h5-12H,4,13-15H2,1-3H3,(H,30,31)(H,32,33). The van der Waals surface area contributed by atoms with Gasteiger partial charge in [-0.2, -0.15) is 0 Å². The average Bonchev–Trinajstić information content (AvgIpc) is 3.46. The molecule has 0 radical (unpaired) electrons. The van der Waals surface area contributed by atoms with Gasteiger partial charge in [0.2, 0.25) is 0 Å². The number of aryl methyl sites for hydroxylation is 3. The number of aromatic nitrogens is 2. The maximum absolute atomic E-state index is 12.8. The number of rotatable bonds is 7. The van der Waals surface area contributed by atoms with Gasteiger partial charge in [-0.05, 0) is 62.4 Å². The Labute approximate surface area is 224 Å². The molecule has 0 saturated carbocycles. The molecule has 0 fully saturated rings. The van der Waals surface area contributed by atoms with Crippen molar-refractivity contribution in [2.45, 2.75) is 33.6 Å². The molecule has 4 aromatic rings. The van der Waals surface area contributed by atoms with Gasteiger partial charge >= 0.3 is 11.9 Å². The van der Waals surface area contributed by atoms with Crippen LogP contribution in [0.3, 0.4) is 0 Å². The van der Waals surface area contributed by atoms with Crippen molar-refractivity contribution < 1.29 is 23.9 Å². The number of carbonyl (C=O) groups excluding carboxylic acids is 3. The molecule has 0 unspecified atom stereocenters. The number of hydrogen-bond acceptors (Lipinski definition) is 7. The van der Waals surface area contributed by atoms with Crippen molar-refractivity contribution in [2.75, 3.05) is 18.5 Å². The number of amides is 1. The number of thiophene rings is 1. The Hall–Kier alpha value is -4.24. The van der Waals surface area contributed by atoms with E-state index in [2.05, 4.69) is 21.4 Å². The molecule has 2 heterocycles. The highest BCUT2D eigenvalue weighted by Gasteiger charge is 2.29. The van der Waals surface area contributed by atoms with Crippen molar-refractivity contribution in [3.05, 3.63) is 82.2 Å². The second-order valence-electron chi connectivity index (χ2n) is 8.99. The number of imidazole rings is 1. The third kappa shape index (κ3) is 4.97. The summed E-state index contributed by atoms with van der Waals surface area (Å²) in [6.07, 6.45) is 1.48. The molecule has 2 N–H and O–H groups in total. The van der Waals surface area contributed by atoms with E-state index in [1.165, 1.54) is 16.9 Å². The number of H-pyrrole nitrogens is 1.